The van der Waals surface area contributed by atoms with Crippen molar-refractivity contribution in [3.8, 4) is 0 Å². The predicted octanol–water partition coefficient (Wildman–Crippen LogP) is 0.935. The first kappa shape index (κ1) is 19.8. The van der Waals surface area contributed by atoms with Crippen LogP contribution >= 0.6 is 11.8 Å². The summed E-state index contributed by atoms with van der Waals surface area (Å²) in [6.07, 6.45) is 1.29. The summed E-state index contributed by atoms with van der Waals surface area (Å²) in [6, 6.07) is 1.29. The Labute approximate surface area is 151 Å². The van der Waals surface area contributed by atoms with Gasteiger partial charge in [-0.25, -0.2) is 8.42 Å². The van der Waals surface area contributed by atoms with E-state index in [0.29, 0.717) is 13.1 Å². The van der Waals surface area contributed by atoms with Crippen molar-refractivity contribution in [2.45, 2.75) is 18.7 Å². The second-order valence-electron chi connectivity index (χ2n) is 6.24. The Morgan fingerprint density at radius 2 is 2.00 bits per heavy atom. The van der Waals surface area contributed by atoms with E-state index in [1.54, 1.807) is 11.8 Å². The number of nitrogens with zero attached hydrogens (tertiary/aromatic N) is 2. The molecular weight excluding hydrogens is 366 g/mol. The first-order valence-electron chi connectivity index (χ1n) is 7.99. The highest BCUT2D eigenvalue weighted by molar-refractivity contribution is 7.99. The molecule has 0 aromatic carbocycles. The first-order valence-corrected chi connectivity index (χ1v) is 10.6. The molecule has 0 bridgehead atoms. The predicted molar refractivity (Wildman–Crippen MR) is 95.3 cm³/mol. The number of carboxylic acids is 1. The van der Waals surface area contributed by atoms with E-state index in [2.05, 4.69) is 4.98 Å². The van der Waals surface area contributed by atoms with E-state index < -0.39 is 28.4 Å². The van der Waals surface area contributed by atoms with Gasteiger partial charge in [0.05, 0.1) is 0 Å². The average Bonchev–Trinajstić information content (AvgIpc) is 3.04. The smallest absolute Gasteiger partial charge is 0.323 e. The summed E-state index contributed by atoms with van der Waals surface area (Å²) in [6.45, 7) is 4.49. The Balaban J connectivity index is 2.20. The fourth-order valence-corrected chi connectivity index (χ4v) is 5.15. The molecule has 1 aromatic rings. The van der Waals surface area contributed by atoms with Crippen LogP contribution in [0.5, 0.6) is 0 Å². The van der Waals surface area contributed by atoms with E-state index in [1.165, 1.54) is 21.5 Å². The first-order chi connectivity index (χ1) is 11.7. The number of thioether (sulfide) groups is 1. The molecule has 1 fully saturated rings. The highest BCUT2D eigenvalue weighted by atomic mass is 32.2. The fraction of sp³-hybridized carbons (Fsp3) is 0.600. The third-order valence-corrected chi connectivity index (χ3v) is 6.51. The summed E-state index contributed by atoms with van der Waals surface area (Å²) < 4.78 is 26.7. The number of amides is 1. The van der Waals surface area contributed by atoms with E-state index in [1.807, 2.05) is 13.8 Å². The normalized spacial score (nSPS) is 16.1. The van der Waals surface area contributed by atoms with Crippen LogP contribution in [0.3, 0.4) is 0 Å². The Morgan fingerprint density at radius 1 is 1.36 bits per heavy atom. The van der Waals surface area contributed by atoms with Crippen LogP contribution in [0.25, 0.3) is 0 Å². The van der Waals surface area contributed by atoms with Gasteiger partial charge in [0, 0.05) is 37.3 Å². The molecule has 25 heavy (non-hydrogen) atoms. The van der Waals surface area contributed by atoms with E-state index in [4.69, 9.17) is 5.11 Å². The minimum absolute atomic E-state index is 0.0302. The molecule has 2 N–H and O–H groups in total. The molecule has 2 heterocycles. The lowest BCUT2D eigenvalue weighted by Crippen LogP contribution is -2.38. The Hall–Kier alpha value is -1.52. The summed E-state index contributed by atoms with van der Waals surface area (Å²) in [5, 5.41) is 8.99. The summed E-state index contributed by atoms with van der Waals surface area (Å²) in [4.78, 5) is 27.5. The SMILES string of the molecule is CC(C)CN(CC(=O)O)C(=O)c1cc(S(=O)(=O)N2CCSCC2)c[nH]1. The molecule has 1 aromatic heterocycles. The number of H-pyrrole nitrogens is 1. The molecule has 140 valence electrons. The zero-order valence-electron chi connectivity index (χ0n) is 14.3. The van der Waals surface area contributed by atoms with Gasteiger partial charge in [0.15, 0.2) is 0 Å². The molecule has 1 amide bonds. The number of carbonyl (C=O) groups excluding carboxylic acids is 1. The van der Waals surface area contributed by atoms with Crippen molar-refractivity contribution in [1.29, 1.82) is 0 Å². The molecule has 0 saturated carbocycles. The molecule has 1 aliphatic heterocycles. The maximum Gasteiger partial charge on any atom is 0.323 e. The van der Waals surface area contributed by atoms with Crippen LogP contribution in [-0.2, 0) is 14.8 Å². The number of hydrogen-bond acceptors (Lipinski definition) is 5. The van der Waals surface area contributed by atoms with Crippen LogP contribution < -0.4 is 0 Å². The highest BCUT2D eigenvalue weighted by Gasteiger charge is 2.29. The number of aliphatic carboxylic acids is 1. The average molecular weight is 389 g/mol. The minimum atomic E-state index is -3.64. The van der Waals surface area contributed by atoms with E-state index >= 15 is 0 Å². The molecule has 8 nitrogen and oxygen atoms in total. The summed E-state index contributed by atoms with van der Waals surface area (Å²) in [5.41, 5.74) is 0.0758. The van der Waals surface area contributed by atoms with Gasteiger partial charge in [-0.15, -0.1) is 0 Å². The molecule has 0 unspecified atom stereocenters. The van der Waals surface area contributed by atoms with E-state index in [0.717, 1.165) is 11.5 Å². The lowest BCUT2D eigenvalue weighted by molar-refractivity contribution is -0.137. The standard InChI is InChI=1S/C15H23N3O5S2/c1-11(2)9-17(10-14(19)20)15(21)13-7-12(8-16-13)25(22,23)18-3-5-24-6-4-18/h7-8,11,16H,3-6,9-10H2,1-2H3,(H,19,20). The van der Waals surface area contributed by atoms with Crippen molar-refractivity contribution in [1.82, 2.24) is 14.2 Å². The van der Waals surface area contributed by atoms with Gasteiger partial charge in [0.2, 0.25) is 10.0 Å². The largest absolute Gasteiger partial charge is 0.480 e. The van der Waals surface area contributed by atoms with E-state index in [-0.39, 0.29) is 23.1 Å². The van der Waals surface area contributed by atoms with Gasteiger partial charge < -0.3 is 15.0 Å². The molecule has 0 radical (unpaired) electrons. The number of hydrogen-bond donors (Lipinski definition) is 2. The summed E-state index contributed by atoms with van der Waals surface area (Å²) in [5.74, 6) is -0.0508. The van der Waals surface area contributed by atoms with Gasteiger partial charge >= 0.3 is 5.97 Å². The van der Waals surface area contributed by atoms with Crippen molar-refractivity contribution in [2.75, 3.05) is 37.7 Å². The summed E-state index contributed by atoms with van der Waals surface area (Å²) >= 11 is 1.70. The number of nitrogens with one attached hydrogen (secondary N) is 1. The van der Waals surface area contributed by atoms with Gasteiger partial charge in [-0.1, -0.05) is 13.8 Å². The van der Waals surface area contributed by atoms with E-state index in [9.17, 15) is 18.0 Å². The highest BCUT2D eigenvalue weighted by Crippen LogP contribution is 2.21. The van der Waals surface area contributed by atoms with Crippen LogP contribution in [0.4, 0.5) is 0 Å². The number of aromatic nitrogens is 1. The third kappa shape index (κ3) is 4.99. The number of carboxylic acid groups (broad SMARTS) is 1. The molecule has 0 atom stereocenters. The third-order valence-electron chi connectivity index (χ3n) is 3.69. The minimum Gasteiger partial charge on any atom is -0.480 e. The number of aromatic amines is 1. The molecule has 0 spiro atoms. The van der Waals surface area contributed by atoms with Crippen molar-refractivity contribution < 1.29 is 23.1 Å². The second kappa shape index (κ2) is 8.24. The number of carbonyl (C=O) groups is 2. The van der Waals surface area contributed by atoms with Crippen molar-refractivity contribution in [2.24, 2.45) is 5.92 Å². The molecule has 1 saturated heterocycles. The Kier molecular flexibility index (Phi) is 6.53. The zero-order chi connectivity index (χ0) is 18.6. The molecule has 0 aliphatic carbocycles. The van der Waals surface area contributed by atoms with Gasteiger partial charge in [-0.2, -0.15) is 16.1 Å². The quantitative estimate of drug-likeness (QED) is 0.718. The van der Waals surface area contributed by atoms with Crippen LogP contribution in [0.1, 0.15) is 24.3 Å². The molecular formula is C15H23N3O5S2. The Morgan fingerprint density at radius 3 is 2.56 bits per heavy atom. The maximum atomic E-state index is 12.6. The van der Waals surface area contributed by atoms with Gasteiger partial charge in [0.1, 0.15) is 17.1 Å². The van der Waals surface area contributed by atoms with Crippen LogP contribution in [0.2, 0.25) is 0 Å². The van der Waals surface area contributed by atoms with Crippen LogP contribution in [0, 0.1) is 5.92 Å². The molecule has 2 rings (SSSR count). The maximum absolute atomic E-state index is 12.6. The zero-order valence-corrected chi connectivity index (χ0v) is 15.9. The van der Waals surface area contributed by atoms with Crippen LogP contribution in [-0.4, -0.2) is 77.3 Å². The lowest BCUT2D eigenvalue weighted by atomic mass is 10.2. The fourth-order valence-electron chi connectivity index (χ4n) is 2.58. The molecule has 10 heteroatoms. The number of rotatable bonds is 7. The van der Waals surface area contributed by atoms with Gasteiger partial charge in [0.25, 0.3) is 5.91 Å². The van der Waals surface area contributed by atoms with Crippen molar-refractivity contribution >= 4 is 33.7 Å². The van der Waals surface area contributed by atoms with Gasteiger partial charge in [-0.05, 0) is 12.0 Å². The van der Waals surface area contributed by atoms with Crippen LogP contribution in [0.15, 0.2) is 17.2 Å². The number of sulfonamides is 1. The van der Waals surface area contributed by atoms with Crippen molar-refractivity contribution in [3.63, 3.8) is 0 Å². The summed E-state index contributed by atoms with van der Waals surface area (Å²) in [7, 11) is -3.64. The second-order valence-corrected chi connectivity index (χ2v) is 9.40. The topological polar surface area (TPSA) is 111 Å². The molecule has 1 aliphatic rings. The van der Waals surface area contributed by atoms with Gasteiger partial charge in [-0.3, -0.25) is 9.59 Å². The Bertz CT molecular complexity index is 723. The monoisotopic (exact) mass is 389 g/mol. The van der Waals surface area contributed by atoms with Crippen molar-refractivity contribution in [3.05, 3.63) is 18.0 Å². The lowest BCUT2D eigenvalue weighted by Gasteiger charge is -2.25.